The smallest absolute Gasteiger partial charge is 0.264 e. The van der Waals surface area contributed by atoms with E-state index in [4.69, 9.17) is 4.74 Å². The lowest BCUT2D eigenvalue weighted by Gasteiger charge is -2.17. The second-order valence-corrected chi connectivity index (χ2v) is 7.89. The van der Waals surface area contributed by atoms with Crippen LogP contribution < -0.4 is 10.3 Å². The van der Waals surface area contributed by atoms with E-state index in [0.29, 0.717) is 30.1 Å². The van der Waals surface area contributed by atoms with Gasteiger partial charge in [0.2, 0.25) is 0 Å². The van der Waals surface area contributed by atoms with E-state index in [1.54, 1.807) is 28.6 Å². The molecule has 0 saturated carbocycles. The van der Waals surface area contributed by atoms with Crippen LogP contribution in [0.15, 0.2) is 41.2 Å². The van der Waals surface area contributed by atoms with Gasteiger partial charge < -0.3 is 14.2 Å². The van der Waals surface area contributed by atoms with Gasteiger partial charge in [0.15, 0.2) is 0 Å². The van der Waals surface area contributed by atoms with Crippen LogP contribution in [0.1, 0.15) is 21.8 Å². The SMILES string of the molecule is Cc1cc(OC2CCN(C(=O)c3cc4cc(F)ccc4s3)C2)cc(=O)n1C. The Hall–Kier alpha value is -2.67. The summed E-state index contributed by atoms with van der Waals surface area (Å²) in [6.07, 6.45) is 0.562. The van der Waals surface area contributed by atoms with Gasteiger partial charge in [-0.15, -0.1) is 11.3 Å². The number of carbonyl (C=O) groups is 1. The van der Waals surface area contributed by atoms with Gasteiger partial charge in [0, 0.05) is 36.5 Å². The van der Waals surface area contributed by atoms with E-state index in [1.165, 1.54) is 29.5 Å². The molecule has 1 saturated heterocycles. The standard InChI is InChI=1S/C20H19FN2O3S/c1-12-7-16(10-19(24)22(12)2)26-15-5-6-23(11-15)20(25)18-9-13-8-14(21)3-4-17(13)27-18/h3-4,7-10,15H,5-6,11H2,1-2H3. The maximum Gasteiger partial charge on any atom is 0.264 e. The predicted octanol–water partition coefficient (Wildman–Crippen LogP) is 3.34. The first kappa shape index (κ1) is 17.7. The molecule has 3 heterocycles. The average molecular weight is 386 g/mol. The Kier molecular flexibility index (Phi) is 4.47. The molecule has 27 heavy (non-hydrogen) atoms. The third kappa shape index (κ3) is 3.47. The van der Waals surface area contributed by atoms with E-state index in [1.807, 2.05) is 13.0 Å². The van der Waals surface area contributed by atoms with Crippen LogP contribution in [0.4, 0.5) is 4.39 Å². The number of hydrogen-bond donors (Lipinski definition) is 0. The molecule has 4 rings (SSSR count). The van der Waals surface area contributed by atoms with E-state index in [-0.39, 0.29) is 23.4 Å². The molecule has 0 radical (unpaired) electrons. The summed E-state index contributed by atoms with van der Waals surface area (Å²) in [6, 6.07) is 9.57. The van der Waals surface area contributed by atoms with E-state index >= 15 is 0 Å². The summed E-state index contributed by atoms with van der Waals surface area (Å²) < 4.78 is 21.7. The van der Waals surface area contributed by atoms with Crippen LogP contribution >= 0.6 is 11.3 Å². The lowest BCUT2D eigenvalue weighted by molar-refractivity contribution is 0.0777. The van der Waals surface area contributed by atoms with Crippen molar-refractivity contribution in [3.05, 3.63) is 63.1 Å². The van der Waals surface area contributed by atoms with Crippen molar-refractivity contribution in [2.45, 2.75) is 19.4 Å². The highest BCUT2D eigenvalue weighted by molar-refractivity contribution is 7.20. The number of likely N-dealkylation sites (tertiary alicyclic amines) is 1. The number of hydrogen-bond acceptors (Lipinski definition) is 4. The number of nitrogens with zero attached hydrogens (tertiary/aromatic N) is 2. The quantitative estimate of drug-likeness (QED) is 0.694. The highest BCUT2D eigenvalue weighted by Crippen LogP contribution is 2.28. The summed E-state index contributed by atoms with van der Waals surface area (Å²) in [5.41, 5.74) is 0.703. The third-order valence-electron chi connectivity index (χ3n) is 4.90. The average Bonchev–Trinajstić information content (AvgIpc) is 3.25. The van der Waals surface area contributed by atoms with Crippen LogP contribution in [0.5, 0.6) is 5.75 Å². The van der Waals surface area contributed by atoms with E-state index in [9.17, 15) is 14.0 Å². The molecule has 1 aromatic carbocycles. The summed E-state index contributed by atoms with van der Waals surface area (Å²) in [6.45, 7) is 2.91. The third-order valence-corrected chi connectivity index (χ3v) is 6.00. The van der Waals surface area contributed by atoms with Crippen molar-refractivity contribution in [1.82, 2.24) is 9.47 Å². The normalized spacial score (nSPS) is 16.9. The number of amides is 1. The van der Waals surface area contributed by atoms with Crippen molar-refractivity contribution in [1.29, 1.82) is 0 Å². The van der Waals surface area contributed by atoms with Crippen molar-refractivity contribution in [3.8, 4) is 5.75 Å². The molecule has 1 fully saturated rings. The first-order valence-corrected chi connectivity index (χ1v) is 9.55. The number of aryl methyl sites for hydroxylation is 1. The number of fused-ring (bicyclic) bond motifs is 1. The Balaban J connectivity index is 1.47. The van der Waals surface area contributed by atoms with Crippen molar-refractivity contribution in [2.75, 3.05) is 13.1 Å². The van der Waals surface area contributed by atoms with Crippen molar-refractivity contribution < 1.29 is 13.9 Å². The molecule has 2 aromatic heterocycles. The zero-order valence-corrected chi connectivity index (χ0v) is 15.9. The summed E-state index contributed by atoms with van der Waals surface area (Å²) in [5, 5.41) is 0.742. The molecule has 0 bridgehead atoms. The zero-order valence-electron chi connectivity index (χ0n) is 15.1. The minimum atomic E-state index is -0.307. The summed E-state index contributed by atoms with van der Waals surface area (Å²) >= 11 is 1.37. The van der Waals surface area contributed by atoms with Crippen molar-refractivity contribution >= 4 is 27.3 Å². The molecule has 5 nitrogen and oxygen atoms in total. The highest BCUT2D eigenvalue weighted by atomic mass is 32.1. The Morgan fingerprint density at radius 2 is 2.07 bits per heavy atom. The Bertz CT molecular complexity index is 1090. The Labute approximate surface area is 159 Å². The van der Waals surface area contributed by atoms with Crippen LogP contribution in [0.25, 0.3) is 10.1 Å². The molecule has 0 aliphatic carbocycles. The van der Waals surface area contributed by atoms with Gasteiger partial charge in [-0.1, -0.05) is 0 Å². The van der Waals surface area contributed by atoms with Crippen LogP contribution in [0.2, 0.25) is 0 Å². The molecule has 1 unspecified atom stereocenters. The van der Waals surface area contributed by atoms with Gasteiger partial charge >= 0.3 is 0 Å². The fourth-order valence-electron chi connectivity index (χ4n) is 3.28. The molecule has 1 atom stereocenters. The molecule has 140 valence electrons. The van der Waals surface area contributed by atoms with Gasteiger partial charge in [-0.05, 0) is 42.6 Å². The number of ether oxygens (including phenoxy) is 1. The lowest BCUT2D eigenvalue weighted by Crippen LogP contribution is -2.30. The number of aromatic nitrogens is 1. The predicted molar refractivity (Wildman–Crippen MR) is 103 cm³/mol. The van der Waals surface area contributed by atoms with E-state index in [2.05, 4.69) is 0 Å². The minimum absolute atomic E-state index is 0.0668. The number of thiophene rings is 1. The topological polar surface area (TPSA) is 51.5 Å². The summed E-state index contributed by atoms with van der Waals surface area (Å²) in [7, 11) is 1.72. The molecule has 0 spiro atoms. The fourth-order valence-corrected chi connectivity index (χ4v) is 4.29. The molecular weight excluding hydrogens is 367 g/mol. The summed E-state index contributed by atoms with van der Waals surface area (Å²) in [4.78, 5) is 27.0. The molecule has 1 aliphatic rings. The Morgan fingerprint density at radius 3 is 2.85 bits per heavy atom. The Morgan fingerprint density at radius 1 is 1.26 bits per heavy atom. The molecular formula is C20H19FN2O3S. The highest BCUT2D eigenvalue weighted by Gasteiger charge is 2.29. The molecule has 1 aliphatic heterocycles. The second-order valence-electron chi connectivity index (χ2n) is 6.80. The first-order valence-electron chi connectivity index (χ1n) is 8.73. The second kappa shape index (κ2) is 6.81. The number of rotatable bonds is 3. The minimum Gasteiger partial charge on any atom is -0.488 e. The maximum absolute atomic E-state index is 13.4. The van der Waals surface area contributed by atoms with Gasteiger partial charge in [0.1, 0.15) is 17.7 Å². The van der Waals surface area contributed by atoms with Crippen LogP contribution in [-0.4, -0.2) is 34.6 Å². The fraction of sp³-hybridized carbons (Fsp3) is 0.300. The van der Waals surface area contributed by atoms with Crippen LogP contribution in [0, 0.1) is 12.7 Å². The largest absolute Gasteiger partial charge is 0.488 e. The van der Waals surface area contributed by atoms with Crippen LogP contribution in [-0.2, 0) is 7.05 Å². The molecule has 0 N–H and O–H groups in total. The van der Waals surface area contributed by atoms with E-state index < -0.39 is 0 Å². The lowest BCUT2D eigenvalue weighted by atomic mass is 10.2. The van der Waals surface area contributed by atoms with Gasteiger partial charge in [0.25, 0.3) is 11.5 Å². The van der Waals surface area contributed by atoms with Crippen molar-refractivity contribution in [3.63, 3.8) is 0 Å². The molecule has 7 heteroatoms. The van der Waals surface area contributed by atoms with Gasteiger partial charge in [0.05, 0.1) is 11.4 Å². The van der Waals surface area contributed by atoms with Crippen LogP contribution in [0.3, 0.4) is 0 Å². The maximum atomic E-state index is 13.4. The number of pyridine rings is 1. The zero-order chi connectivity index (χ0) is 19.1. The summed E-state index contributed by atoms with van der Waals surface area (Å²) in [5.74, 6) is 0.160. The van der Waals surface area contributed by atoms with Gasteiger partial charge in [-0.2, -0.15) is 0 Å². The monoisotopic (exact) mass is 386 g/mol. The molecule has 1 amide bonds. The first-order chi connectivity index (χ1) is 12.9. The van der Waals surface area contributed by atoms with Gasteiger partial charge in [-0.3, -0.25) is 9.59 Å². The molecule has 3 aromatic rings. The van der Waals surface area contributed by atoms with Gasteiger partial charge in [-0.25, -0.2) is 4.39 Å². The number of halogens is 1. The van der Waals surface area contributed by atoms with E-state index in [0.717, 1.165) is 15.8 Å². The number of carbonyl (C=O) groups excluding carboxylic acids is 1. The number of benzene rings is 1. The van der Waals surface area contributed by atoms with Crippen molar-refractivity contribution in [2.24, 2.45) is 7.05 Å².